The summed E-state index contributed by atoms with van der Waals surface area (Å²) in [6, 6.07) is 6.37. The van der Waals surface area contributed by atoms with E-state index < -0.39 is 5.82 Å². The van der Waals surface area contributed by atoms with Crippen molar-refractivity contribution < 1.29 is 4.39 Å². The Morgan fingerprint density at radius 2 is 2.00 bits per heavy atom. The minimum Gasteiger partial charge on any atom is -0.395 e. The lowest BCUT2D eigenvalue weighted by atomic mass is 10.0. The molecule has 2 aromatic rings. The lowest BCUT2D eigenvalue weighted by Crippen LogP contribution is -2.13. The Bertz CT molecular complexity index is 617. The molecule has 0 aliphatic carbocycles. The zero-order chi connectivity index (χ0) is 14.0. The van der Waals surface area contributed by atoms with Gasteiger partial charge in [-0.3, -0.25) is 0 Å². The van der Waals surface area contributed by atoms with Gasteiger partial charge in [0.1, 0.15) is 11.6 Å². The zero-order valence-electron chi connectivity index (χ0n) is 9.95. The number of nitrogen functional groups attached to an aromatic ring is 3. The molecule has 1 aromatic heterocycles. The summed E-state index contributed by atoms with van der Waals surface area (Å²) in [7, 11) is 0. The number of rotatable bonds is 3. The lowest BCUT2D eigenvalue weighted by Gasteiger charge is -2.12. The fourth-order valence-corrected chi connectivity index (χ4v) is 1.97. The molecule has 0 atom stereocenters. The standard InChI is InChI=1S/C12H13ClFN5/c13-8-3-1-2-6(10(8)14)4-7-5-9(15)18-12(19-17)11(7)16/h1-3,5H,4,16-17H2,(H3,15,18,19). The van der Waals surface area contributed by atoms with Gasteiger partial charge in [-0.2, -0.15) is 0 Å². The van der Waals surface area contributed by atoms with E-state index in [1.165, 1.54) is 6.07 Å². The van der Waals surface area contributed by atoms with Crippen molar-refractivity contribution in [2.24, 2.45) is 5.84 Å². The lowest BCUT2D eigenvalue weighted by molar-refractivity contribution is 0.614. The second-order valence-corrected chi connectivity index (χ2v) is 4.41. The van der Waals surface area contributed by atoms with Crippen molar-refractivity contribution in [2.75, 3.05) is 16.9 Å². The fourth-order valence-electron chi connectivity index (χ4n) is 1.78. The van der Waals surface area contributed by atoms with Gasteiger partial charge in [0.25, 0.3) is 0 Å². The number of nitrogens with two attached hydrogens (primary N) is 3. The molecule has 0 fully saturated rings. The molecule has 0 saturated heterocycles. The maximum Gasteiger partial charge on any atom is 0.165 e. The number of hydrazine groups is 1. The van der Waals surface area contributed by atoms with Crippen LogP contribution >= 0.6 is 11.6 Å². The van der Waals surface area contributed by atoms with Gasteiger partial charge in [-0.1, -0.05) is 23.7 Å². The van der Waals surface area contributed by atoms with Gasteiger partial charge in [0, 0.05) is 6.42 Å². The summed E-state index contributed by atoms with van der Waals surface area (Å²) in [5.41, 5.74) is 15.3. The van der Waals surface area contributed by atoms with Crippen LogP contribution in [0.2, 0.25) is 5.02 Å². The van der Waals surface area contributed by atoms with Crippen LogP contribution in [0.1, 0.15) is 11.1 Å². The van der Waals surface area contributed by atoms with Crippen LogP contribution in [0, 0.1) is 5.82 Å². The van der Waals surface area contributed by atoms with Gasteiger partial charge < -0.3 is 16.9 Å². The summed E-state index contributed by atoms with van der Waals surface area (Å²) >= 11 is 5.73. The van der Waals surface area contributed by atoms with E-state index in [2.05, 4.69) is 10.4 Å². The van der Waals surface area contributed by atoms with Crippen LogP contribution in [-0.4, -0.2) is 4.98 Å². The molecule has 5 nitrogen and oxygen atoms in total. The Morgan fingerprint density at radius 1 is 1.26 bits per heavy atom. The van der Waals surface area contributed by atoms with Gasteiger partial charge in [-0.05, 0) is 23.3 Å². The van der Waals surface area contributed by atoms with Crippen LogP contribution in [0.15, 0.2) is 24.3 Å². The van der Waals surface area contributed by atoms with Gasteiger partial charge in [-0.25, -0.2) is 15.2 Å². The summed E-state index contributed by atoms with van der Waals surface area (Å²) in [5.74, 6) is 5.33. The molecular formula is C12H13ClFN5. The second kappa shape index (κ2) is 5.29. The van der Waals surface area contributed by atoms with Crippen LogP contribution in [0.3, 0.4) is 0 Å². The van der Waals surface area contributed by atoms with E-state index in [1.807, 2.05) is 0 Å². The first kappa shape index (κ1) is 13.4. The predicted molar refractivity (Wildman–Crippen MR) is 75.1 cm³/mol. The molecule has 2 rings (SSSR count). The average Bonchev–Trinajstić information content (AvgIpc) is 2.38. The molecule has 100 valence electrons. The Hall–Kier alpha value is -2.05. The number of halogens is 2. The van der Waals surface area contributed by atoms with Crippen molar-refractivity contribution in [3.63, 3.8) is 0 Å². The highest BCUT2D eigenvalue weighted by molar-refractivity contribution is 6.30. The largest absolute Gasteiger partial charge is 0.395 e. The van der Waals surface area contributed by atoms with Crippen LogP contribution < -0.4 is 22.7 Å². The highest BCUT2D eigenvalue weighted by Gasteiger charge is 2.12. The third-order valence-electron chi connectivity index (χ3n) is 2.71. The number of hydrogen-bond donors (Lipinski definition) is 4. The molecular weight excluding hydrogens is 269 g/mol. The smallest absolute Gasteiger partial charge is 0.165 e. The van der Waals surface area contributed by atoms with E-state index in [9.17, 15) is 4.39 Å². The molecule has 0 saturated carbocycles. The Morgan fingerprint density at radius 3 is 2.68 bits per heavy atom. The molecule has 0 amide bonds. The maximum absolute atomic E-state index is 13.8. The monoisotopic (exact) mass is 281 g/mol. The van der Waals surface area contributed by atoms with E-state index in [0.717, 1.165) is 0 Å². The average molecular weight is 282 g/mol. The number of benzene rings is 1. The molecule has 0 spiro atoms. The van der Waals surface area contributed by atoms with Crippen LogP contribution in [0.25, 0.3) is 0 Å². The number of aromatic nitrogens is 1. The highest BCUT2D eigenvalue weighted by Crippen LogP contribution is 2.27. The summed E-state index contributed by atoms with van der Waals surface area (Å²) in [6.45, 7) is 0. The van der Waals surface area contributed by atoms with E-state index in [0.29, 0.717) is 16.8 Å². The Kier molecular flexibility index (Phi) is 3.73. The quantitative estimate of drug-likeness (QED) is 0.508. The fraction of sp³-hybridized carbons (Fsp3) is 0.0833. The molecule has 0 radical (unpaired) electrons. The molecule has 0 aliphatic heterocycles. The van der Waals surface area contributed by atoms with E-state index in [1.54, 1.807) is 18.2 Å². The molecule has 0 aliphatic rings. The molecule has 0 bridgehead atoms. The molecule has 1 heterocycles. The third kappa shape index (κ3) is 2.69. The van der Waals surface area contributed by atoms with Crippen molar-refractivity contribution in [1.82, 2.24) is 4.98 Å². The maximum atomic E-state index is 13.8. The summed E-state index contributed by atoms with van der Waals surface area (Å²) in [4.78, 5) is 3.93. The van der Waals surface area contributed by atoms with Gasteiger partial charge in [0.05, 0.1) is 10.7 Å². The summed E-state index contributed by atoms with van der Waals surface area (Å²) in [6.07, 6.45) is 0.250. The number of nitrogens with zero attached hydrogens (tertiary/aromatic N) is 1. The molecule has 19 heavy (non-hydrogen) atoms. The second-order valence-electron chi connectivity index (χ2n) is 4.00. The van der Waals surface area contributed by atoms with Crippen molar-refractivity contribution in [3.05, 3.63) is 46.2 Å². The predicted octanol–water partition coefficient (Wildman–Crippen LogP) is 1.91. The number of anilines is 3. The topological polar surface area (TPSA) is 103 Å². The van der Waals surface area contributed by atoms with Gasteiger partial charge in [0.15, 0.2) is 5.82 Å². The highest BCUT2D eigenvalue weighted by atomic mass is 35.5. The van der Waals surface area contributed by atoms with Crippen LogP contribution in [0.5, 0.6) is 0 Å². The molecule has 7 N–H and O–H groups in total. The summed E-state index contributed by atoms with van der Waals surface area (Å²) in [5, 5.41) is 0.0651. The number of pyridine rings is 1. The number of nitrogens with one attached hydrogen (secondary N) is 1. The molecule has 1 aromatic carbocycles. The van der Waals surface area contributed by atoms with Crippen molar-refractivity contribution >= 4 is 28.9 Å². The first-order valence-electron chi connectivity index (χ1n) is 5.47. The molecule has 7 heteroatoms. The van der Waals surface area contributed by atoms with Gasteiger partial charge >= 0.3 is 0 Å². The minimum absolute atomic E-state index is 0.0651. The van der Waals surface area contributed by atoms with Gasteiger partial charge in [-0.15, -0.1) is 0 Å². The molecule has 0 unspecified atom stereocenters. The Labute approximate surface area is 114 Å². The van der Waals surface area contributed by atoms with Crippen molar-refractivity contribution in [1.29, 1.82) is 0 Å². The first-order chi connectivity index (χ1) is 9.02. The third-order valence-corrected chi connectivity index (χ3v) is 3.01. The first-order valence-corrected chi connectivity index (χ1v) is 5.85. The van der Waals surface area contributed by atoms with E-state index >= 15 is 0 Å². The number of hydrogen-bond acceptors (Lipinski definition) is 5. The van der Waals surface area contributed by atoms with Crippen molar-refractivity contribution in [3.8, 4) is 0 Å². The Balaban J connectivity index is 2.43. The van der Waals surface area contributed by atoms with Crippen LogP contribution in [-0.2, 0) is 6.42 Å². The van der Waals surface area contributed by atoms with Gasteiger partial charge in [0.2, 0.25) is 0 Å². The normalized spacial score (nSPS) is 10.5. The summed E-state index contributed by atoms with van der Waals surface area (Å²) < 4.78 is 13.8. The van der Waals surface area contributed by atoms with E-state index in [-0.39, 0.29) is 23.1 Å². The van der Waals surface area contributed by atoms with Crippen molar-refractivity contribution in [2.45, 2.75) is 6.42 Å². The van der Waals surface area contributed by atoms with E-state index in [4.69, 9.17) is 28.9 Å². The minimum atomic E-state index is -0.471. The zero-order valence-corrected chi connectivity index (χ0v) is 10.7. The van der Waals surface area contributed by atoms with Crippen LogP contribution in [0.4, 0.5) is 21.7 Å². The SMILES string of the molecule is NNc1nc(N)cc(Cc2cccc(Cl)c2F)c1N.